The Bertz CT molecular complexity index is 1420. The van der Waals surface area contributed by atoms with E-state index in [2.05, 4.69) is 38.1 Å². The van der Waals surface area contributed by atoms with Gasteiger partial charge in [0.05, 0.1) is 17.4 Å². The van der Waals surface area contributed by atoms with Crippen molar-refractivity contribution < 1.29 is 19.1 Å². The van der Waals surface area contributed by atoms with Crippen LogP contribution in [0.5, 0.6) is 0 Å². The molecular formula is C36H48N6O4. The van der Waals surface area contributed by atoms with Gasteiger partial charge in [-0.05, 0) is 108 Å². The second kappa shape index (κ2) is 16.7. The molecule has 0 spiro atoms. The van der Waals surface area contributed by atoms with Crippen molar-refractivity contribution in [3.05, 3.63) is 89.7 Å². The third-order valence-electron chi connectivity index (χ3n) is 7.92. The largest absolute Gasteiger partial charge is 0.444 e. The monoisotopic (exact) mass is 628 g/mol. The van der Waals surface area contributed by atoms with E-state index in [1.807, 2.05) is 36.4 Å². The molecule has 0 radical (unpaired) electrons. The first kappa shape index (κ1) is 34.4. The van der Waals surface area contributed by atoms with Gasteiger partial charge in [0.1, 0.15) is 11.3 Å². The van der Waals surface area contributed by atoms with Gasteiger partial charge in [-0.15, -0.1) is 0 Å². The first-order valence-electron chi connectivity index (χ1n) is 16.2. The highest BCUT2D eigenvalue weighted by Gasteiger charge is 2.21. The molecule has 10 nitrogen and oxygen atoms in total. The molecule has 246 valence electrons. The molecule has 1 fully saturated rings. The van der Waals surface area contributed by atoms with Crippen LogP contribution in [-0.2, 0) is 11.2 Å². The van der Waals surface area contributed by atoms with Crippen LogP contribution in [0.4, 0.5) is 21.0 Å². The first-order valence-corrected chi connectivity index (χ1v) is 16.2. The Kier molecular flexibility index (Phi) is 12.5. The number of nitrogens with one attached hydrogen (secondary N) is 4. The molecule has 0 saturated carbocycles. The minimum Gasteiger partial charge on any atom is -0.444 e. The molecule has 1 aromatic heterocycles. The van der Waals surface area contributed by atoms with Crippen LogP contribution in [0.2, 0.25) is 0 Å². The summed E-state index contributed by atoms with van der Waals surface area (Å²) in [6, 6.07) is 19.9. The number of likely N-dealkylation sites (tertiary alicyclic amines) is 1. The van der Waals surface area contributed by atoms with Crippen LogP contribution in [0.1, 0.15) is 81.0 Å². The highest BCUT2D eigenvalue weighted by Crippen LogP contribution is 2.24. The SMILES string of the molecule is CC1CCN(CCCC(NC(=O)NCCc2ccccc2)c2ccc(C(=O)Nc3ccccc3NC(=O)OC(C)(C)C)nc2)CC1. The number of para-hydroxylation sites is 2. The normalized spacial score (nSPS) is 14.6. The maximum Gasteiger partial charge on any atom is 0.412 e. The van der Waals surface area contributed by atoms with Gasteiger partial charge in [0.25, 0.3) is 5.91 Å². The lowest BCUT2D eigenvalue weighted by molar-refractivity contribution is 0.0635. The van der Waals surface area contributed by atoms with Gasteiger partial charge in [0.15, 0.2) is 0 Å². The number of pyridine rings is 1. The lowest BCUT2D eigenvalue weighted by Gasteiger charge is -2.30. The van der Waals surface area contributed by atoms with Gasteiger partial charge in [-0.1, -0.05) is 55.5 Å². The quantitative estimate of drug-likeness (QED) is 0.175. The number of benzene rings is 2. The van der Waals surface area contributed by atoms with E-state index in [1.165, 1.54) is 12.8 Å². The highest BCUT2D eigenvalue weighted by molar-refractivity contribution is 6.05. The molecule has 10 heteroatoms. The maximum atomic E-state index is 13.1. The minimum atomic E-state index is -0.657. The first-order chi connectivity index (χ1) is 22.1. The summed E-state index contributed by atoms with van der Waals surface area (Å²) in [5, 5.41) is 11.6. The van der Waals surface area contributed by atoms with E-state index < -0.39 is 17.6 Å². The van der Waals surface area contributed by atoms with Crippen LogP contribution in [0, 0.1) is 5.92 Å². The lowest BCUT2D eigenvalue weighted by Crippen LogP contribution is -2.39. The smallest absolute Gasteiger partial charge is 0.412 e. The Hall–Kier alpha value is -4.44. The van der Waals surface area contributed by atoms with Crippen molar-refractivity contribution in [3.63, 3.8) is 0 Å². The maximum absolute atomic E-state index is 13.1. The third kappa shape index (κ3) is 11.5. The van der Waals surface area contributed by atoms with E-state index in [-0.39, 0.29) is 17.8 Å². The molecule has 1 aliphatic heterocycles. The second-order valence-electron chi connectivity index (χ2n) is 13.0. The topological polar surface area (TPSA) is 125 Å². The molecule has 2 heterocycles. The summed E-state index contributed by atoms with van der Waals surface area (Å²) in [6.07, 6.45) is 5.89. The van der Waals surface area contributed by atoms with Crippen molar-refractivity contribution in [3.8, 4) is 0 Å². The number of carbonyl (C=O) groups excluding carboxylic acids is 3. The van der Waals surface area contributed by atoms with Crippen LogP contribution in [-0.4, -0.2) is 59.7 Å². The van der Waals surface area contributed by atoms with E-state index in [1.54, 1.807) is 57.3 Å². The average molecular weight is 629 g/mol. The number of piperidine rings is 1. The molecule has 1 atom stereocenters. The number of hydrogen-bond acceptors (Lipinski definition) is 6. The van der Waals surface area contributed by atoms with Crippen LogP contribution < -0.4 is 21.3 Å². The van der Waals surface area contributed by atoms with Gasteiger partial charge in [0, 0.05) is 12.7 Å². The molecule has 46 heavy (non-hydrogen) atoms. The highest BCUT2D eigenvalue weighted by atomic mass is 16.6. The number of aromatic nitrogens is 1. The Morgan fingerprint density at radius 1 is 0.935 bits per heavy atom. The number of carbonyl (C=O) groups is 3. The van der Waals surface area contributed by atoms with Crippen molar-refractivity contribution in [2.45, 2.75) is 71.4 Å². The standard InChI is InChI=1S/C36H48N6O4/c1-26-19-23-42(24-20-26)22-10-15-29(40-34(44)37-21-18-27-11-6-5-7-12-27)28-16-17-32(38-25-28)33(43)39-30-13-8-9-14-31(30)41-35(45)46-36(2,3)4/h5-9,11-14,16-17,25-26,29H,10,15,18-24H2,1-4H3,(H,39,43)(H,41,45)(H2,37,40,44). The fraction of sp³-hybridized carbons (Fsp3) is 0.444. The molecule has 4 N–H and O–H groups in total. The van der Waals surface area contributed by atoms with Crippen molar-refractivity contribution >= 4 is 29.4 Å². The molecular weight excluding hydrogens is 580 g/mol. The third-order valence-corrected chi connectivity index (χ3v) is 7.92. The summed E-state index contributed by atoms with van der Waals surface area (Å²) in [6.45, 7) is 11.4. The van der Waals surface area contributed by atoms with Crippen LogP contribution in [0.25, 0.3) is 0 Å². The number of rotatable bonds is 12. The lowest BCUT2D eigenvalue weighted by atomic mass is 9.98. The zero-order valence-electron chi connectivity index (χ0n) is 27.5. The van der Waals surface area contributed by atoms with Crippen molar-refractivity contribution in [1.82, 2.24) is 20.5 Å². The minimum absolute atomic E-state index is 0.212. The van der Waals surface area contributed by atoms with E-state index in [0.29, 0.717) is 17.9 Å². The molecule has 4 amide bonds. The Morgan fingerprint density at radius 2 is 1.61 bits per heavy atom. The van der Waals surface area contributed by atoms with Crippen molar-refractivity contribution in [2.24, 2.45) is 5.92 Å². The summed E-state index contributed by atoms with van der Waals surface area (Å²) in [5.41, 5.74) is 2.38. The number of hydrogen-bond donors (Lipinski definition) is 4. The van der Waals surface area contributed by atoms with Crippen molar-refractivity contribution in [1.29, 1.82) is 0 Å². The van der Waals surface area contributed by atoms with Gasteiger partial charge in [-0.3, -0.25) is 15.1 Å². The number of ether oxygens (including phenoxy) is 1. The number of anilines is 2. The predicted octanol–water partition coefficient (Wildman–Crippen LogP) is 6.78. The molecule has 4 rings (SSSR count). The zero-order valence-corrected chi connectivity index (χ0v) is 27.5. The Morgan fingerprint density at radius 3 is 2.26 bits per heavy atom. The average Bonchev–Trinajstić information content (AvgIpc) is 3.02. The molecule has 1 saturated heterocycles. The van der Waals surface area contributed by atoms with Gasteiger partial charge in [-0.25, -0.2) is 9.59 Å². The number of amides is 4. The molecule has 1 unspecified atom stereocenters. The van der Waals surface area contributed by atoms with Gasteiger partial charge in [-0.2, -0.15) is 0 Å². The van der Waals surface area contributed by atoms with Gasteiger partial charge < -0.3 is 25.6 Å². The predicted molar refractivity (Wildman–Crippen MR) is 182 cm³/mol. The molecule has 2 aromatic carbocycles. The van der Waals surface area contributed by atoms with E-state index >= 15 is 0 Å². The summed E-state index contributed by atoms with van der Waals surface area (Å²) < 4.78 is 5.35. The second-order valence-corrected chi connectivity index (χ2v) is 13.0. The van der Waals surface area contributed by atoms with Crippen LogP contribution in [0.15, 0.2) is 72.9 Å². The number of nitrogens with zero attached hydrogens (tertiary/aromatic N) is 2. The van der Waals surface area contributed by atoms with Crippen molar-refractivity contribution in [2.75, 3.05) is 36.8 Å². The molecule has 3 aromatic rings. The fourth-order valence-electron chi connectivity index (χ4n) is 5.35. The number of urea groups is 1. The Balaban J connectivity index is 1.38. The van der Waals surface area contributed by atoms with E-state index in [9.17, 15) is 14.4 Å². The summed E-state index contributed by atoms with van der Waals surface area (Å²) in [5.74, 6) is 0.356. The van der Waals surface area contributed by atoms with Crippen LogP contribution in [0.3, 0.4) is 0 Å². The summed E-state index contributed by atoms with van der Waals surface area (Å²) in [7, 11) is 0. The summed E-state index contributed by atoms with van der Waals surface area (Å²) in [4.78, 5) is 45.3. The fourth-order valence-corrected chi connectivity index (χ4v) is 5.35. The van der Waals surface area contributed by atoms with Gasteiger partial charge in [0.2, 0.25) is 0 Å². The molecule has 1 aliphatic rings. The van der Waals surface area contributed by atoms with Gasteiger partial charge >= 0.3 is 12.1 Å². The summed E-state index contributed by atoms with van der Waals surface area (Å²) >= 11 is 0. The van der Waals surface area contributed by atoms with E-state index in [0.717, 1.165) is 55.9 Å². The molecule has 0 aliphatic carbocycles. The molecule has 0 bridgehead atoms. The van der Waals surface area contributed by atoms with E-state index in [4.69, 9.17) is 4.74 Å². The Labute approximate surface area is 272 Å². The zero-order chi connectivity index (χ0) is 32.9. The van der Waals surface area contributed by atoms with Crippen LogP contribution >= 0.6 is 0 Å².